The lowest BCUT2D eigenvalue weighted by Crippen LogP contribution is -2.14. The van der Waals surface area contributed by atoms with Gasteiger partial charge in [0.15, 0.2) is 5.82 Å². The summed E-state index contributed by atoms with van der Waals surface area (Å²) < 4.78 is 1.36. The molecule has 0 spiro atoms. The molecule has 1 aromatic heterocycles. The standard InChI is InChI=1S/C11H14N6O.2ClH/c1-2-10-14-16-11(17(10)12)15-13-7-8-3-5-9(18)6-4-8;;/h3-7,18H,2,12H2,1H3,(H,15,16);2*1H. The Bertz CT molecular complexity index is 555. The molecule has 0 aliphatic rings. The van der Waals surface area contributed by atoms with E-state index in [0.717, 1.165) is 5.56 Å². The predicted octanol–water partition coefficient (Wildman–Crippen LogP) is 1.55. The fourth-order valence-corrected chi connectivity index (χ4v) is 1.37. The Balaban J connectivity index is 0.00000180. The topological polar surface area (TPSA) is 101 Å². The summed E-state index contributed by atoms with van der Waals surface area (Å²) in [6.07, 6.45) is 2.30. The Labute approximate surface area is 128 Å². The Morgan fingerprint density at radius 2 is 1.95 bits per heavy atom. The maximum Gasteiger partial charge on any atom is 0.263 e. The molecule has 2 rings (SSSR count). The third-order valence-electron chi connectivity index (χ3n) is 2.35. The lowest BCUT2D eigenvalue weighted by Gasteiger charge is -2.00. The van der Waals surface area contributed by atoms with Gasteiger partial charge in [-0.05, 0) is 29.8 Å². The van der Waals surface area contributed by atoms with Crippen LogP contribution in [0.4, 0.5) is 5.95 Å². The molecule has 0 radical (unpaired) electrons. The zero-order chi connectivity index (χ0) is 13.0. The van der Waals surface area contributed by atoms with Crippen LogP contribution in [0, 0.1) is 0 Å². The monoisotopic (exact) mass is 318 g/mol. The fraction of sp³-hybridized carbons (Fsp3) is 0.182. The van der Waals surface area contributed by atoms with Crippen LogP contribution >= 0.6 is 24.8 Å². The van der Waals surface area contributed by atoms with Crippen LogP contribution in [-0.4, -0.2) is 26.2 Å². The number of hydrazone groups is 1. The molecule has 4 N–H and O–H groups in total. The minimum atomic E-state index is 0. The van der Waals surface area contributed by atoms with Crippen molar-refractivity contribution in [1.82, 2.24) is 14.9 Å². The number of aromatic hydroxyl groups is 1. The van der Waals surface area contributed by atoms with Crippen molar-refractivity contribution in [2.75, 3.05) is 11.3 Å². The number of nitrogens with two attached hydrogens (primary N) is 1. The van der Waals surface area contributed by atoms with Gasteiger partial charge in [-0.3, -0.25) is 0 Å². The average molecular weight is 319 g/mol. The lowest BCUT2D eigenvalue weighted by atomic mass is 10.2. The van der Waals surface area contributed by atoms with E-state index in [1.807, 2.05) is 6.92 Å². The van der Waals surface area contributed by atoms with Crippen LogP contribution in [0.3, 0.4) is 0 Å². The van der Waals surface area contributed by atoms with Crippen molar-refractivity contribution in [3.8, 4) is 5.75 Å². The molecule has 1 aromatic carbocycles. The lowest BCUT2D eigenvalue weighted by molar-refractivity contribution is 0.475. The Kier molecular flexibility index (Phi) is 7.42. The van der Waals surface area contributed by atoms with Crippen LogP contribution in [0.1, 0.15) is 18.3 Å². The summed E-state index contributed by atoms with van der Waals surface area (Å²) in [5.74, 6) is 7.01. The van der Waals surface area contributed by atoms with E-state index >= 15 is 0 Å². The molecule has 7 nitrogen and oxygen atoms in total. The van der Waals surface area contributed by atoms with Gasteiger partial charge in [-0.25, -0.2) is 10.1 Å². The molecule has 0 bridgehead atoms. The number of hydrogen-bond donors (Lipinski definition) is 3. The third-order valence-corrected chi connectivity index (χ3v) is 2.35. The highest BCUT2D eigenvalue weighted by molar-refractivity contribution is 5.85. The summed E-state index contributed by atoms with van der Waals surface area (Å²) in [7, 11) is 0. The van der Waals surface area contributed by atoms with E-state index in [4.69, 9.17) is 10.9 Å². The SMILES string of the molecule is CCc1nnc(NN=Cc2ccc(O)cc2)n1N.Cl.Cl. The summed E-state index contributed by atoms with van der Waals surface area (Å²) in [6.45, 7) is 1.94. The van der Waals surface area contributed by atoms with Gasteiger partial charge in [0.2, 0.25) is 0 Å². The van der Waals surface area contributed by atoms with Crippen LogP contribution in [-0.2, 0) is 6.42 Å². The maximum absolute atomic E-state index is 9.13. The van der Waals surface area contributed by atoms with Crippen molar-refractivity contribution in [3.05, 3.63) is 35.7 Å². The van der Waals surface area contributed by atoms with Crippen molar-refractivity contribution in [1.29, 1.82) is 0 Å². The van der Waals surface area contributed by atoms with E-state index in [0.29, 0.717) is 18.2 Å². The van der Waals surface area contributed by atoms with E-state index in [1.54, 1.807) is 30.5 Å². The number of anilines is 1. The number of nitrogens with zero attached hydrogens (tertiary/aromatic N) is 4. The number of nitrogen functional groups attached to an aromatic ring is 1. The summed E-state index contributed by atoms with van der Waals surface area (Å²) in [4.78, 5) is 0. The number of hydrogen-bond acceptors (Lipinski definition) is 6. The Hall–Kier alpha value is -1.99. The van der Waals surface area contributed by atoms with Gasteiger partial charge in [-0.1, -0.05) is 6.92 Å². The highest BCUT2D eigenvalue weighted by Gasteiger charge is 2.05. The molecule has 0 amide bonds. The number of halogens is 2. The molecular formula is C11H16Cl2N6O. The quantitative estimate of drug-likeness (QED) is 0.451. The molecule has 0 saturated carbocycles. The minimum Gasteiger partial charge on any atom is -0.508 e. The van der Waals surface area contributed by atoms with Gasteiger partial charge in [-0.2, -0.15) is 5.10 Å². The summed E-state index contributed by atoms with van der Waals surface area (Å²) in [5.41, 5.74) is 3.55. The van der Waals surface area contributed by atoms with Crippen molar-refractivity contribution >= 4 is 37.0 Å². The van der Waals surface area contributed by atoms with Crippen molar-refractivity contribution < 1.29 is 5.11 Å². The molecule has 2 aromatic rings. The second kappa shape index (κ2) is 8.23. The molecule has 0 fully saturated rings. The van der Waals surface area contributed by atoms with Gasteiger partial charge in [0.25, 0.3) is 5.95 Å². The highest BCUT2D eigenvalue weighted by Crippen LogP contribution is 2.08. The second-order valence-electron chi connectivity index (χ2n) is 3.62. The first-order chi connectivity index (χ1) is 8.70. The largest absolute Gasteiger partial charge is 0.508 e. The van der Waals surface area contributed by atoms with Gasteiger partial charge in [-0.15, -0.1) is 35.0 Å². The molecule has 0 saturated heterocycles. The predicted molar refractivity (Wildman–Crippen MR) is 83.4 cm³/mol. The molecule has 0 aliphatic heterocycles. The minimum absolute atomic E-state index is 0. The van der Waals surface area contributed by atoms with Crippen LogP contribution in [0.2, 0.25) is 0 Å². The molecule has 20 heavy (non-hydrogen) atoms. The summed E-state index contributed by atoms with van der Waals surface area (Å²) >= 11 is 0. The van der Waals surface area contributed by atoms with Crippen molar-refractivity contribution in [2.45, 2.75) is 13.3 Å². The average Bonchev–Trinajstić information content (AvgIpc) is 2.73. The molecule has 0 unspecified atom stereocenters. The number of benzene rings is 1. The number of phenolic OH excluding ortho intramolecular Hbond substituents is 1. The molecule has 9 heteroatoms. The van der Waals surface area contributed by atoms with Crippen LogP contribution in [0.25, 0.3) is 0 Å². The van der Waals surface area contributed by atoms with E-state index in [9.17, 15) is 0 Å². The van der Waals surface area contributed by atoms with Gasteiger partial charge >= 0.3 is 0 Å². The fourth-order valence-electron chi connectivity index (χ4n) is 1.37. The maximum atomic E-state index is 9.13. The first kappa shape index (κ1) is 18.0. The Morgan fingerprint density at radius 3 is 2.50 bits per heavy atom. The van der Waals surface area contributed by atoms with Gasteiger partial charge in [0, 0.05) is 6.42 Å². The zero-order valence-corrected chi connectivity index (χ0v) is 12.4. The highest BCUT2D eigenvalue weighted by atomic mass is 35.5. The number of nitrogens with one attached hydrogen (secondary N) is 1. The van der Waals surface area contributed by atoms with E-state index in [-0.39, 0.29) is 30.6 Å². The van der Waals surface area contributed by atoms with E-state index in [1.165, 1.54) is 4.68 Å². The molecule has 1 heterocycles. The van der Waals surface area contributed by atoms with Gasteiger partial charge in [0.1, 0.15) is 5.75 Å². The second-order valence-corrected chi connectivity index (χ2v) is 3.62. The molecule has 0 aliphatic carbocycles. The van der Waals surface area contributed by atoms with E-state index < -0.39 is 0 Å². The summed E-state index contributed by atoms with van der Waals surface area (Å²) in [6, 6.07) is 6.65. The smallest absolute Gasteiger partial charge is 0.263 e. The zero-order valence-electron chi connectivity index (χ0n) is 10.7. The van der Waals surface area contributed by atoms with Crippen LogP contribution < -0.4 is 11.3 Å². The normalized spacial score (nSPS) is 9.85. The first-order valence-corrected chi connectivity index (χ1v) is 5.48. The molecule has 110 valence electrons. The number of aromatic nitrogens is 3. The molecular weight excluding hydrogens is 303 g/mol. The van der Waals surface area contributed by atoms with Gasteiger partial charge in [0.05, 0.1) is 6.21 Å². The number of phenols is 1. The van der Waals surface area contributed by atoms with E-state index in [2.05, 4.69) is 20.7 Å². The van der Waals surface area contributed by atoms with Crippen LogP contribution in [0.15, 0.2) is 29.4 Å². The van der Waals surface area contributed by atoms with Crippen molar-refractivity contribution in [3.63, 3.8) is 0 Å². The number of rotatable bonds is 4. The Morgan fingerprint density at radius 1 is 1.30 bits per heavy atom. The van der Waals surface area contributed by atoms with Crippen LogP contribution in [0.5, 0.6) is 5.75 Å². The first-order valence-electron chi connectivity index (χ1n) is 5.48. The van der Waals surface area contributed by atoms with Gasteiger partial charge < -0.3 is 10.9 Å². The molecule has 0 atom stereocenters. The number of aryl methyl sites for hydroxylation is 1. The summed E-state index contributed by atoms with van der Waals surface area (Å²) in [5, 5.41) is 20.9. The third kappa shape index (κ3) is 4.29. The van der Waals surface area contributed by atoms with Crippen molar-refractivity contribution in [2.24, 2.45) is 5.10 Å².